The van der Waals surface area contributed by atoms with E-state index in [0.717, 1.165) is 47.1 Å². The van der Waals surface area contributed by atoms with Gasteiger partial charge < -0.3 is 15.0 Å². The summed E-state index contributed by atoms with van der Waals surface area (Å²) < 4.78 is 6.59. The third-order valence-electron chi connectivity index (χ3n) is 6.42. The van der Waals surface area contributed by atoms with Crippen molar-refractivity contribution in [1.29, 1.82) is 0 Å². The molecule has 4 aromatic rings. The van der Waals surface area contributed by atoms with Gasteiger partial charge >= 0.3 is 0 Å². The topological polar surface area (TPSA) is 102 Å². The zero-order valence-electron chi connectivity index (χ0n) is 20.5. The fourth-order valence-corrected chi connectivity index (χ4v) is 5.09. The molecule has 4 heterocycles. The fraction of sp³-hybridized carbons (Fsp3) is 0.296. The van der Waals surface area contributed by atoms with E-state index in [1.54, 1.807) is 24.5 Å². The molecular formula is C27H28N6O3S. The number of hydrogen-bond acceptors (Lipinski definition) is 8. The Kier molecular flexibility index (Phi) is 7.55. The number of thiophene rings is 1. The van der Waals surface area contributed by atoms with Crippen molar-refractivity contribution in [3.8, 4) is 27.6 Å². The summed E-state index contributed by atoms with van der Waals surface area (Å²) in [6.45, 7) is 2.04. The molecule has 10 heteroatoms. The summed E-state index contributed by atoms with van der Waals surface area (Å²) in [7, 11) is 1.62. The minimum Gasteiger partial charge on any atom is -0.497 e. The van der Waals surface area contributed by atoms with Crippen LogP contribution < -0.4 is 20.5 Å². The summed E-state index contributed by atoms with van der Waals surface area (Å²) in [5.41, 5.74) is 2.21. The highest BCUT2D eigenvalue weighted by Gasteiger charge is 2.26. The standard InChI is InChI=1S/C27H28N6O3S/c1-36-21-8-6-19(7-9-21)22-11-13-26(34)33(31-22)16-14-28-27(35)20-4-2-15-32(18-20)25-12-10-23(29-30-25)24-5-3-17-37-24/h3,5-13,17,20H,2,4,14-16,18H2,1H3,(H,28,35). The van der Waals surface area contributed by atoms with E-state index >= 15 is 0 Å². The van der Waals surface area contributed by atoms with Crippen LogP contribution in [0, 0.1) is 5.92 Å². The highest BCUT2D eigenvalue weighted by molar-refractivity contribution is 7.13. The number of nitrogens with one attached hydrogen (secondary N) is 1. The molecule has 0 saturated carbocycles. The summed E-state index contributed by atoms with van der Waals surface area (Å²) in [4.78, 5) is 28.4. The Hall–Kier alpha value is -4.05. The van der Waals surface area contributed by atoms with Crippen LogP contribution in [0.4, 0.5) is 5.82 Å². The molecule has 1 atom stereocenters. The number of anilines is 1. The van der Waals surface area contributed by atoms with E-state index in [0.29, 0.717) is 25.3 Å². The summed E-state index contributed by atoms with van der Waals surface area (Å²) >= 11 is 1.63. The van der Waals surface area contributed by atoms with Gasteiger partial charge in [0.15, 0.2) is 5.82 Å². The van der Waals surface area contributed by atoms with Gasteiger partial charge in [0.25, 0.3) is 5.56 Å². The Morgan fingerprint density at radius 2 is 1.92 bits per heavy atom. The van der Waals surface area contributed by atoms with Gasteiger partial charge in [0.05, 0.1) is 30.1 Å². The van der Waals surface area contributed by atoms with E-state index in [9.17, 15) is 9.59 Å². The van der Waals surface area contributed by atoms with Crippen molar-refractivity contribution in [2.24, 2.45) is 5.92 Å². The van der Waals surface area contributed by atoms with Crippen LogP contribution in [0.5, 0.6) is 5.75 Å². The van der Waals surface area contributed by atoms with Crippen LogP contribution in [0.1, 0.15) is 12.8 Å². The van der Waals surface area contributed by atoms with Crippen molar-refractivity contribution >= 4 is 23.1 Å². The average Bonchev–Trinajstić information content (AvgIpc) is 3.49. The average molecular weight is 517 g/mol. The summed E-state index contributed by atoms with van der Waals surface area (Å²) in [6.07, 6.45) is 1.71. The highest BCUT2D eigenvalue weighted by atomic mass is 32.1. The number of nitrogens with zero attached hydrogens (tertiary/aromatic N) is 5. The summed E-state index contributed by atoms with van der Waals surface area (Å²) in [5, 5.41) is 18.2. The molecule has 0 aliphatic carbocycles. The second-order valence-corrected chi connectivity index (χ2v) is 9.79. The number of carbonyl (C=O) groups is 1. The smallest absolute Gasteiger partial charge is 0.266 e. The lowest BCUT2D eigenvalue weighted by atomic mass is 9.97. The predicted molar refractivity (Wildman–Crippen MR) is 144 cm³/mol. The van der Waals surface area contributed by atoms with Gasteiger partial charge in [0.1, 0.15) is 11.4 Å². The molecule has 3 aromatic heterocycles. The van der Waals surface area contributed by atoms with E-state index in [4.69, 9.17) is 4.74 Å². The van der Waals surface area contributed by atoms with Gasteiger partial charge in [-0.1, -0.05) is 6.07 Å². The first-order valence-corrected chi connectivity index (χ1v) is 13.1. The van der Waals surface area contributed by atoms with E-state index in [1.165, 1.54) is 10.7 Å². The van der Waals surface area contributed by atoms with Gasteiger partial charge in [-0.25, -0.2) is 4.68 Å². The number of amides is 1. The maximum absolute atomic E-state index is 12.9. The molecule has 0 spiro atoms. The molecule has 37 heavy (non-hydrogen) atoms. The molecule has 9 nitrogen and oxygen atoms in total. The van der Waals surface area contributed by atoms with E-state index in [2.05, 4.69) is 25.5 Å². The van der Waals surface area contributed by atoms with Gasteiger partial charge in [0.2, 0.25) is 5.91 Å². The number of aromatic nitrogens is 4. The highest BCUT2D eigenvalue weighted by Crippen LogP contribution is 2.25. The van der Waals surface area contributed by atoms with Crippen molar-refractivity contribution in [3.05, 3.63) is 76.4 Å². The first kappa shape index (κ1) is 24.6. The number of rotatable bonds is 8. The van der Waals surface area contributed by atoms with Crippen molar-refractivity contribution < 1.29 is 9.53 Å². The SMILES string of the molecule is COc1ccc(-c2ccc(=O)n(CCNC(=O)C3CCCN(c4ccc(-c5cccs5)nn4)C3)n2)cc1. The number of ether oxygens (including phenoxy) is 1. The van der Waals surface area contributed by atoms with Crippen LogP contribution >= 0.6 is 11.3 Å². The third kappa shape index (κ3) is 5.86. The molecule has 1 aliphatic rings. The van der Waals surface area contributed by atoms with Crippen LogP contribution in [0.2, 0.25) is 0 Å². The zero-order valence-corrected chi connectivity index (χ0v) is 21.4. The van der Waals surface area contributed by atoms with Gasteiger partial charge in [0, 0.05) is 31.3 Å². The second-order valence-electron chi connectivity index (χ2n) is 8.84. The van der Waals surface area contributed by atoms with Gasteiger partial charge in [-0.2, -0.15) is 5.10 Å². The Bertz CT molecular complexity index is 1390. The maximum Gasteiger partial charge on any atom is 0.266 e. The summed E-state index contributed by atoms with van der Waals surface area (Å²) in [6, 6.07) is 18.7. The van der Waals surface area contributed by atoms with Crippen LogP contribution in [-0.4, -0.2) is 52.6 Å². The predicted octanol–water partition coefficient (Wildman–Crippen LogP) is 3.47. The third-order valence-corrected chi connectivity index (χ3v) is 7.31. The van der Waals surface area contributed by atoms with Gasteiger partial charge in [-0.15, -0.1) is 21.5 Å². The molecule has 1 aliphatic heterocycles. The van der Waals surface area contributed by atoms with Gasteiger partial charge in [-0.3, -0.25) is 9.59 Å². The fourth-order valence-electron chi connectivity index (χ4n) is 4.40. The van der Waals surface area contributed by atoms with Crippen LogP contribution in [0.25, 0.3) is 21.8 Å². The van der Waals surface area contributed by atoms with Crippen molar-refractivity contribution in [3.63, 3.8) is 0 Å². The molecule has 0 radical (unpaired) electrons. The van der Waals surface area contributed by atoms with Crippen LogP contribution in [-0.2, 0) is 11.3 Å². The minimum atomic E-state index is -0.208. The first-order valence-electron chi connectivity index (χ1n) is 12.2. The molecule has 1 amide bonds. The summed E-state index contributed by atoms with van der Waals surface area (Å²) in [5.74, 6) is 1.36. The largest absolute Gasteiger partial charge is 0.497 e. The monoisotopic (exact) mass is 516 g/mol. The van der Waals surface area contributed by atoms with E-state index in [-0.39, 0.29) is 17.4 Å². The quantitative estimate of drug-likeness (QED) is 0.383. The lowest BCUT2D eigenvalue weighted by molar-refractivity contribution is -0.125. The molecule has 5 rings (SSSR count). The number of hydrogen-bond donors (Lipinski definition) is 1. The molecule has 190 valence electrons. The molecule has 1 aromatic carbocycles. The number of methoxy groups -OCH3 is 1. The van der Waals surface area contributed by atoms with Gasteiger partial charge in [-0.05, 0) is 66.8 Å². The molecular weight excluding hydrogens is 488 g/mol. The normalized spacial score (nSPS) is 15.4. The Morgan fingerprint density at radius 3 is 2.65 bits per heavy atom. The molecule has 1 fully saturated rings. The van der Waals surface area contributed by atoms with E-state index < -0.39 is 0 Å². The Morgan fingerprint density at radius 1 is 1.08 bits per heavy atom. The number of carbonyl (C=O) groups excluding carboxylic acids is 1. The Labute approximate surface area is 218 Å². The molecule has 1 saturated heterocycles. The number of piperidine rings is 1. The molecule has 1 unspecified atom stereocenters. The van der Waals surface area contributed by atoms with Crippen molar-refractivity contribution in [2.75, 3.05) is 31.6 Å². The minimum absolute atomic E-state index is 0.0211. The lowest BCUT2D eigenvalue weighted by Crippen LogP contribution is -2.44. The number of benzene rings is 1. The maximum atomic E-state index is 12.9. The van der Waals surface area contributed by atoms with Crippen LogP contribution in [0.15, 0.2) is 70.8 Å². The lowest BCUT2D eigenvalue weighted by Gasteiger charge is -2.32. The van der Waals surface area contributed by atoms with Crippen molar-refractivity contribution in [2.45, 2.75) is 19.4 Å². The second kappa shape index (κ2) is 11.3. The van der Waals surface area contributed by atoms with Crippen molar-refractivity contribution in [1.82, 2.24) is 25.3 Å². The zero-order chi connectivity index (χ0) is 25.6. The molecule has 1 N–H and O–H groups in total. The Balaban J connectivity index is 1.16. The molecule has 0 bridgehead atoms. The van der Waals surface area contributed by atoms with Crippen LogP contribution in [0.3, 0.4) is 0 Å². The van der Waals surface area contributed by atoms with E-state index in [1.807, 2.05) is 53.9 Å². The first-order chi connectivity index (χ1) is 18.1.